The van der Waals surface area contributed by atoms with Gasteiger partial charge in [-0.25, -0.2) is 0 Å². The standard InChI is InChI=1S/C9H19N.C8H17N.3C2H6/c1-4-8-6-7-9(5-2)10(8)3;1-7-5-4-6-8(2)9(7)3;3*1-2/h8-9H,4-7H2,1-3H3;7-8H,4-6H2,1-3H3;3*1-2H3. The molecule has 2 aliphatic heterocycles. The molecule has 2 aliphatic rings. The minimum absolute atomic E-state index is 0.814. The lowest BCUT2D eigenvalue weighted by atomic mass is 9.99. The lowest BCUT2D eigenvalue weighted by molar-refractivity contribution is 0.138. The first-order valence-corrected chi connectivity index (χ1v) is 11.4. The van der Waals surface area contributed by atoms with E-state index in [2.05, 4.69) is 51.6 Å². The van der Waals surface area contributed by atoms with Crippen molar-refractivity contribution < 1.29 is 0 Å². The molecule has 2 heterocycles. The fourth-order valence-corrected chi connectivity index (χ4v) is 3.62. The Morgan fingerprint density at radius 2 is 0.920 bits per heavy atom. The predicted octanol–water partition coefficient (Wildman–Crippen LogP) is 7.23. The highest BCUT2D eigenvalue weighted by atomic mass is 15.2. The van der Waals surface area contributed by atoms with Gasteiger partial charge in [0.15, 0.2) is 0 Å². The van der Waals surface area contributed by atoms with Crippen LogP contribution in [0.3, 0.4) is 0 Å². The molecule has 0 aromatic heterocycles. The first-order chi connectivity index (χ1) is 12.0. The number of rotatable bonds is 2. The molecule has 0 amide bonds. The van der Waals surface area contributed by atoms with E-state index in [0.717, 1.165) is 24.2 Å². The third kappa shape index (κ3) is 12.0. The van der Waals surface area contributed by atoms with Crippen molar-refractivity contribution in [1.29, 1.82) is 0 Å². The summed E-state index contributed by atoms with van der Waals surface area (Å²) in [5, 5.41) is 0. The van der Waals surface area contributed by atoms with E-state index in [0.29, 0.717) is 0 Å². The monoisotopic (exact) mass is 358 g/mol. The van der Waals surface area contributed by atoms with Crippen molar-refractivity contribution in [2.45, 2.75) is 138 Å². The van der Waals surface area contributed by atoms with Crippen molar-refractivity contribution in [3.63, 3.8) is 0 Å². The fourth-order valence-electron chi connectivity index (χ4n) is 3.62. The van der Waals surface area contributed by atoms with Gasteiger partial charge in [0.2, 0.25) is 0 Å². The molecular formula is C23H54N2. The van der Waals surface area contributed by atoms with Crippen molar-refractivity contribution in [3.05, 3.63) is 0 Å². The molecule has 156 valence electrons. The maximum atomic E-state index is 2.56. The zero-order chi connectivity index (χ0) is 20.4. The molecular weight excluding hydrogens is 304 g/mol. The second-order valence-electron chi connectivity index (χ2n) is 6.66. The summed E-state index contributed by atoms with van der Waals surface area (Å²) >= 11 is 0. The zero-order valence-electron chi connectivity index (χ0n) is 20.2. The average molecular weight is 359 g/mol. The van der Waals surface area contributed by atoms with Gasteiger partial charge in [-0.05, 0) is 66.5 Å². The first-order valence-electron chi connectivity index (χ1n) is 11.4. The second-order valence-corrected chi connectivity index (χ2v) is 6.66. The fraction of sp³-hybridized carbons (Fsp3) is 1.00. The highest BCUT2D eigenvalue weighted by molar-refractivity contribution is 4.83. The van der Waals surface area contributed by atoms with Gasteiger partial charge < -0.3 is 9.80 Å². The summed E-state index contributed by atoms with van der Waals surface area (Å²) in [5.74, 6) is 0. The maximum Gasteiger partial charge on any atom is 0.00930 e. The lowest BCUT2D eigenvalue weighted by Crippen LogP contribution is -2.40. The Morgan fingerprint density at radius 3 is 1.12 bits per heavy atom. The van der Waals surface area contributed by atoms with Crippen LogP contribution in [-0.4, -0.2) is 48.1 Å². The Kier molecular flexibility index (Phi) is 24.0. The quantitative estimate of drug-likeness (QED) is 0.514. The highest BCUT2D eigenvalue weighted by Gasteiger charge is 2.27. The molecule has 0 bridgehead atoms. The summed E-state index contributed by atoms with van der Waals surface area (Å²) in [6.45, 7) is 21.2. The third-order valence-electron chi connectivity index (χ3n) is 5.56. The number of likely N-dealkylation sites (tertiary alicyclic amines) is 2. The molecule has 2 saturated heterocycles. The predicted molar refractivity (Wildman–Crippen MR) is 120 cm³/mol. The van der Waals surface area contributed by atoms with E-state index in [-0.39, 0.29) is 0 Å². The third-order valence-corrected chi connectivity index (χ3v) is 5.56. The first kappa shape index (κ1) is 29.7. The molecule has 0 radical (unpaired) electrons. The Morgan fingerprint density at radius 1 is 0.600 bits per heavy atom. The zero-order valence-corrected chi connectivity index (χ0v) is 20.2. The second kappa shape index (κ2) is 20.2. The number of piperidine rings is 1. The molecule has 4 unspecified atom stereocenters. The molecule has 2 heteroatoms. The SMILES string of the molecule is CC.CC.CC.CC1CCCC(C)N1C.CCC1CCC(CC)N1C. The molecule has 0 saturated carbocycles. The largest absolute Gasteiger partial charge is 0.301 e. The van der Waals surface area contributed by atoms with E-state index >= 15 is 0 Å². The van der Waals surface area contributed by atoms with Crippen LogP contribution in [0.2, 0.25) is 0 Å². The van der Waals surface area contributed by atoms with Gasteiger partial charge in [-0.1, -0.05) is 61.8 Å². The molecule has 25 heavy (non-hydrogen) atoms. The van der Waals surface area contributed by atoms with Crippen molar-refractivity contribution in [2.75, 3.05) is 14.1 Å². The van der Waals surface area contributed by atoms with Crippen LogP contribution in [0.15, 0.2) is 0 Å². The Labute approximate surface area is 162 Å². The van der Waals surface area contributed by atoms with E-state index in [9.17, 15) is 0 Å². The van der Waals surface area contributed by atoms with Gasteiger partial charge in [0.05, 0.1) is 0 Å². The van der Waals surface area contributed by atoms with Crippen LogP contribution in [0, 0.1) is 0 Å². The van der Waals surface area contributed by atoms with E-state index in [1.807, 2.05) is 41.5 Å². The van der Waals surface area contributed by atoms with Crippen LogP contribution < -0.4 is 0 Å². The summed E-state index contributed by atoms with van der Waals surface area (Å²) in [4.78, 5) is 5.03. The van der Waals surface area contributed by atoms with Crippen molar-refractivity contribution in [1.82, 2.24) is 9.80 Å². The molecule has 0 aromatic carbocycles. The Bertz CT molecular complexity index is 220. The Hall–Kier alpha value is -0.0800. The van der Waals surface area contributed by atoms with Crippen molar-refractivity contribution in [3.8, 4) is 0 Å². The molecule has 4 atom stereocenters. The topological polar surface area (TPSA) is 6.48 Å². The summed E-state index contributed by atoms with van der Waals surface area (Å²) in [5.41, 5.74) is 0. The van der Waals surface area contributed by atoms with Gasteiger partial charge in [-0.15, -0.1) is 0 Å². The van der Waals surface area contributed by atoms with Crippen molar-refractivity contribution >= 4 is 0 Å². The van der Waals surface area contributed by atoms with Crippen LogP contribution in [0.1, 0.15) is 114 Å². The van der Waals surface area contributed by atoms with Gasteiger partial charge in [-0.2, -0.15) is 0 Å². The summed E-state index contributed by atoms with van der Waals surface area (Å²) in [6.07, 6.45) is 9.70. The molecule has 2 rings (SSSR count). The number of hydrogen-bond donors (Lipinski definition) is 0. The van der Waals surface area contributed by atoms with Crippen LogP contribution >= 0.6 is 0 Å². The Balaban J connectivity index is -0.000000299. The van der Waals surface area contributed by atoms with Gasteiger partial charge in [0.1, 0.15) is 0 Å². The van der Waals surface area contributed by atoms with Crippen LogP contribution in [0.5, 0.6) is 0 Å². The van der Waals surface area contributed by atoms with Crippen LogP contribution in [-0.2, 0) is 0 Å². The normalized spacial score (nSPS) is 28.8. The lowest BCUT2D eigenvalue weighted by Gasteiger charge is -2.35. The van der Waals surface area contributed by atoms with Gasteiger partial charge in [0.25, 0.3) is 0 Å². The number of hydrogen-bond acceptors (Lipinski definition) is 2. The van der Waals surface area contributed by atoms with Crippen LogP contribution in [0.4, 0.5) is 0 Å². The maximum absolute atomic E-state index is 2.56. The number of nitrogens with zero attached hydrogens (tertiary/aromatic N) is 2. The van der Waals surface area contributed by atoms with E-state index in [4.69, 9.17) is 0 Å². The van der Waals surface area contributed by atoms with E-state index in [1.165, 1.54) is 44.9 Å². The van der Waals surface area contributed by atoms with Gasteiger partial charge >= 0.3 is 0 Å². The van der Waals surface area contributed by atoms with E-state index < -0.39 is 0 Å². The summed E-state index contributed by atoms with van der Waals surface area (Å²) < 4.78 is 0. The van der Waals surface area contributed by atoms with Crippen molar-refractivity contribution in [2.24, 2.45) is 0 Å². The van der Waals surface area contributed by atoms with Gasteiger partial charge in [-0.3, -0.25) is 0 Å². The molecule has 2 fully saturated rings. The molecule has 0 aromatic rings. The van der Waals surface area contributed by atoms with Crippen LogP contribution in [0.25, 0.3) is 0 Å². The minimum Gasteiger partial charge on any atom is -0.301 e. The smallest absolute Gasteiger partial charge is 0.00930 e. The van der Waals surface area contributed by atoms with E-state index in [1.54, 1.807) is 0 Å². The molecule has 0 aliphatic carbocycles. The highest BCUT2D eigenvalue weighted by Crippen LogP contribution is 2.25. The minimum atomic E-state index is 0.814. The molecule has 0 N–H and O–H groups in total. The van der Waals surface area contributed by atoms with Gasteiger partial charge in [0, 0.05) is 24.2 Å². The average Bonchev–Trinajstić information content (AvgIpc) is 3.05. The molecule has 0 spiro atoms. The molecule has 2 nitrogen and oxygen atoms in total. The summed E-state index contributed by atoms with van der Waals surface area (Å²) in [6, 6.07) is 3.39. The summed E-state index contributed by atoms with van der Waals surface area (Å²) in [7, 11) is 4.50.